The maximum atomic E-state index is 13.0. The summed E-state index contributed by atoms with van der Waals surface area (Å²) in [6.07, 6.45) is 1.52. The zero-order chi connectivity index (χ0) is 19.8. The smallest absolute Gasteiger partial charge is 0.255 e. The SMILES string of the molecule is O=C(CNC(=O)c1ccccc1OCc1ccc(F)cc1)NCc1ccco1. The van der Waals surface area contributed by atoms with Crippen LogP contribution in [0.5, 0.6) is 5.75 Å². The third-order valence-corrected chi connectivity index (χ3v) is 3.89. The van der Waals surface area contributed by atoms with Gasteiger partial charge in [-0.15, -0.1) is 0 Å². The lowest BCUT2D eigenvalue weighted by molar-refractivity contribution is -0.120. The standard InChI is InChI=1S/C21H19FN2O4/c22-16-9-7-15(8-10-16)14-28-19-6-2-1-5-18(19)21(26)24-13-20(25)23-12-17-4-3-11-27-17/h1-11H,12-14H2,(H,23,25)(H,24,26). The van der Waals surface area contributed by atoms with Gasteiger partial charge in [0.1, 0.15) is 23.9 Å². The van der Waals surface area contributed by atoms with Crippen LogP contribution in [0.4, 0.5) is 4.39 Å². The molecule has 2 N–H and O–H groups in total. The summed E-state index contributed by atoms with van der Waals surface area (Å²) in [6, 6.07) is 16.1. The second kappa shape index (κ2) is 9.36. The molecule has 0 aliphatic carbocycles. The molecule has 0 bridgehead atoms. The highest BCUT2D eigenvalue weighted by Crippen LogP contribution is 2.19. The number of amides is 2. The van der Waals surface area contributed by atoms with Crippen LogP contribution in [0, 0.1) is 5.82 Å². The maximum Gasteiger partial charge on any atom is 0.255 e. The van der Waals surface area contributed by atoms with Crippen LogP contribution >= 0.6 is 0 Å². The summed E-state index contributed by atoms with van der Waals surface area (Å²) in [7, 11) is 0. The molecule has 0 atom stereocenters. The first kappa shape index (κ1) is 19.2. The van der Waals surface area contributed by atoms with Crippen molar-refractivity contribution in [2.45, 2.75) is 13.2 Å². The van der Waals surface area contributed by atoms with E-state index >= 15 is 0 Å². The Morgan fingerprint density at radius 1 is 0.964 bits per heavy atom. The van der Waals surface area contributed by atoms with E-state index in [4.69, 9.17) is 9.15 Å². The van der Waals surface area contributed by atoms with Gasteiger partial charge in [-0.2, -0.15) is 0 Å². The summed E-state index contributed by atoms with van der Waals surface area (Å²) in [5.41, 5.74) is 1.08. The van der Waals surface area contributed by atoms with Crippen LogP contribution in [0.2, 0.25) is 0 Å². The molecule has 6 nitrogen and oxygen atoms in total. The fraction of sp³-hybridized carbons (Fsp3) is 0.143. The molecule has 7 heteroatoms. The molecule has 0 saturated heterocycles. The van der Waals surface area contributed by atoms with Crippen molar-refractivity contribution in [3.63, 3.8) is 0 Å². The first-order valence-electron chi connectivity index (χ1n) is 8.65. The van der Waals surface area contributed by atoms with Crippen LogP contribution in [0.15, 0.2) is 71.3 Å². The molecule has 2 amide bonds. The zero-order valence-corrected chi connectivity index (χ0v) is 15.0. The van der Waals surface area contributed by atoms with Crippen LogP contribution in [-0.2, 0) is 17.9 Å². The Balaban J connectivity index is 1.53. The van der Waals surface area contributed by atoms with Crippen LogP contribution in [0.25, 0.3) is 0 Å². The van der Waals surface area contributed by atoms with Crippen molar-refractivity contribution in [2.75, 3.05) is 6.54 Å². The fourth-order valence-electron chi connectivity index (χ4n) is 2.44. The third-order valence-electron chi connectivity index (χ3n) is 3.89. The topological polar surface area (TPSA) is 80.6 Å². The van der Waals surface area contributed by atoms with Gasteiger partial charge in [-0.25, -0.2) is 4.39 Å². The molecule has 2 aromatic carbocycles. The van der Waals surface area contributed by atoms with E-state index in [-0.39, 0.29) is 31.4 Å². The molecular weight excluding hydrogens is 363 g/mol. The van der Waals surface area contributed by atoms with Gasteiger partial charge in [0.25, 0.3) is 5.91 Å². The first-order valence-corrected chi connectivity index (χ1v) is 8.65. The number of nitrogens with one attached hydrogen (secondary N) is 2. The Morgan fingerprint density at radius 3 is 2.50 bits per heavy atom. The number of hydrogen-bond donors (Lipinski definition) is 2. The van der Waals surface area contributed by atoms with Crippen molar-refractivity contribution in [1.29, 1.82) is 0 Å². The van der Waals surface area contributed by atoms with Crippen molar-refractivity contribution < 1.29 is 23.1 Å². The molecule has 28 heavy (non-hydrogen) atoms. The predicted octanol–water partition coefficient (Wildman–Crippen LogP) is 3.04. The summed E-state index contributed by atoms with van der Waals surface area (Å²) >= 11 is 0. The van der Waals surface area contributed by atoms with Crippen LogP contribution in [0.3, 0.4) is 0 Å². The predicted molar refractivity (Wildman–Crippen MR) is 100 cm³/mol. The normalized spacial score (nSPS) is 10.3. The van der Waals surface area contributed by atoms with Crippen molar-refractivity contribution in [1.82, 2.24) is 10.6 Å². The molecule has 0 aliphatic heterocycles. The molecule has 0 radical (unpaired) electrons. The highest BCUT2D eigenvalue weighted by molar-refractivity contribution is 5.98. The largest absolute Gasteiger partial charge is 0.488 e. The summed E-state index contributed by atoms with van der Waals surface area (Å²) < 4.78 is 23.8. The van der Waals surface area contributed by atoms with E-state index in [0.29, 0.717) is 17.1 Å². The number of furan rings is 1. The Bertz CT molecular complexity index is 924. The van der Waals surface area contributed by atoms with Gasteiger partial charge >= 0.3 is 0 Å². The molecule has 1 aromatic heterocycles. The minimum atomic E-state index is -0.428. The molecule has 144 valence electrons. The molecule has 0 aliphatic rings. The summed E-state index contributed by atoms with van der Waals surface area (Å²) in [6.45, 7) is 0.263. The van der Waals surface area contributed by atoms with E-state index in [1.165, 1.54) is 18.4 Å². The van der Waals surface area contributed by atoms with Gasteiger partial charge in [-0.3, -0.25) is 9.59 Å². The van der Waals surface area contributed by atoms with Gasteiger partial charge in [0, 0.05) is 0 Å². The van der Waals surface area contributed by atoms with Gasteiger partial charge in [0.2, 0.25) is 5.91 Å². The molecule has 0 saturated carbocycles. The monoisotopic (exact) mass is 382 g/mol. The number of carbonyl (C=O) groups excluding carboxylic acids is 2. The zero-order valence-electron chi connectivity index (χ0n) is 15.0. The van der Waals surface area contributed by atoms with Crippen molar-refractivity contribution in [3.05, 3.63) is 89.6 Å². The number of benzene rings is 2. The Kier molecular flexibility index (Phi) is 6.41. The lowest BCUT2D eigenvalue weighted by Gasteiger charge is -2.12. The number of ether oxygens (including phenoxy) is 1. The van der Waals surface area contributed by atoms with Crippen molar-refractivity contribution in [2.24, 2.45) is 0 Å². The maximum absolute atomic E-state index is 13.0. The number of hydrogen-bond acceptors (Lipinski definition) is 4. The molecule has 0 unspecified atom stereocenters. The molecule has 3 rings (SSSR count). The first-order chi connectivity index (χ1) is 13.6. The summed E-state index contributed by atoms with van der Waals surface area (Å²) in [5.74, 6) is -0.0919. The van der Waals surface area contributed by atoms with Gasteiger partial charge in [-0.1, -0.05) is 24.3 Å². The third kappa shape index (κ3) is 5.44. The molecule has 0 spiro atoms. The average molecular weight is 382 g/mol. The number of rotatable bonds is 8. The number of halogens is 1. The van der Waals surface area contributed by atoms with Gasteiger partial charge in [-0.05, 0) is 42.0 Å². The van der Waals surface area contributed by atoms with E-state index in [0.717, 1.165) is 5.56 Å². The molecule has 1 heterocycles. The summed E-state index contributed by atoms with van der Waals surface area (Å²) in [4.78, 5) is 24.3. The van der Waals surface area contributed by atoms with E-state index in [1.54, 1.807) is 48.5 Å². The van der Waals surface area contributed by atoms with E-state index in [2.05, 4.69) is 10.6 Å². The van der Waals surface area contributed by atoms with E-state index in [9.17, 15) is 14.0 Å². The summed E-state index contributed by atoms with van der Waals surface area (Å²) in [5, 5.41) is 5.21. The lowest BCUT2D eigenvalue weighted by atomic mass is 10.2. The Labute approximate surface area is 161 Å². The molecule has 3 aromatic rings. The highest BCUT2D eigenvalue weighted by atomic mass is 19.1. The van der Waals surface area contributed by atoms with Gasteiger partial charge < -0.3 is 19.8 Å². The second-order valence-corrected chi connectivity index (χ2v) is 5.95. The second-order valence-electron chi connectivity index (χ2n) is 5.95. The molecular formula is C21H19FN2O4. The Hall–Kier alpha value is -3.61. The minimum Gasteiger partial charge on any atom is -0.488 e. The minimum absolute atomic E-state index is 0.175. The van der Waals surface area contributed by atoms with Crippen LogP contribution in [0.1, 0.15) is 21.7 Å². The quantitative estimate of drug-likeness (QED) is 0.628. The van der Waals surface area contributed by atoms with Crippen molar-refractivity contribution >= 4 is 11.8 Å². The van der Waals surface area contributed by atoms with Gasteiger partial charge in [0.05, 0.1) is 24.9 Å². The van der Waals surface area contributed by atoms with Gasteiger partial charge in [0.15, 0.2) is 0 Å². The average Bonchev–Trinajstić information content (AvgIpc) is 3.24. The fourth-order valence-corrected chi connectivity index (χ4v) is 2.44. The number of carbonyl (C=O) groups is 2. The van der Waals surface area contributed by atoms with Crippen molar-refractivity contribution in [3.8, 4) is 5.75 Å². The lowest BCUT2D eigenvalue weighted by Crippen LogP contribution is -2.36. The van der Waals surface area contributed by atoms with Crippen LogP contribution < -0.4 is 15.4 Å². The van der Waals surface area contributed by atoms with E-state index < -0.39 is 5.91 Å². The molecule has 0 fully saturated rings. The van der Waals surface area contributed by atoms with Crippen LogP contribution in [-0.4, -0.2) is 18.4 Å². The highest BCUT2D eigenvalue weighted by Gasteiger charge is 2.13. The van der Waals surface area contributed by atoms with E-state index in [1.807, 2.05) is 0 Å². The number of para-hydroxylation sites is 1. The Morgan fingerprint density at radius 2 is 1.75 bits per heavy atom.